The Morgan fingerprint density at radius 2 is 2.09 bits per heavy atom. The van der Waals surface area contributed by atoms with Crippen molar-refractivity contribution < 1.29 is 4.74 Å². The van der Waals surface area contributed by atoms with E-state index in [-0.39, 0.29) is 5.41 Å². The molecule has 0 radical (unpaired) electrons. The zero-order valence-electron chi connectivity index (χ0n) is 7.23. The zero-order valence-corrected chi connectivity index (χ0v) is 7.23. The standard InChI is InChI=1S/C9H17NO/c1-8(7-10)9(2)3-5-11-6-4-9/h1,3-7,10H2,2H3. The Labute approximate surface area is 68.4 Å². The molecule has 0 atom stereocenters. The summed E-state index contributed by atoms with van der Waals surface area (Å²) in [7, 11) is 0. The third-order valence-electron chi connectivity index (χ3n) is 2.70. The van der Waals surface area contributed by atoms with Crippen LogP contribution in [0.3, 0.4) is 0 Å². The highest BCUT2D eigenvalue weighted by molar-refractivity contribution is 5.10. The first-order valence-electron chi connectivity index (χ1n) is 4.15. The molecule has 2 N–H and O–H groups in total. The minimum atomic E-state index is 0.243. The summed E-state index contributed by atoms with van der Waals surface area (Å²) in [6, 6.07) is 0. The van der Waals surface area contributed by atoms with Crippen molar-refractivity contribution >= 4 is 0 Å². The van der Waals surface area contributed by atoms with Gasteiger partial charge in [0.15, 0.2) is 0 Å². The van der Waals surface area contributed by atoms with Crippen molar-refractivity contribution in [3.05, 3.63) is 12.2 Å². The quantitative estimate of drug-likeness (QED) is 0.610. The lowest BCUT2D eigenvalue weighted by Crippen LogP contribution is -2.30. The van der Waals surface area contributed by atoms with Gasteiger partial charge in [-0.3, -0.25) is 0 Å². The molecule has 11 heavy (non-hydrogen) atoms. The van der Waals surface area contributed by atoms with Crippen LogP contribution in [0.2, 0.25) is 0 Å². The average Bonchev–Trinajstić information content (AvgIpc) is 2.04. The molecule has 64 valence electrons. The van der Waals surface area contributed by atoms with Gasteiger partial charge in [0.05, 0.1) is 0 Å². The second-order valence-corrected chi connectivity index (χ2v) is 3.48. The molecule has 2 nitrogen and oxygen atoms in total. The molecule has 0 amide bonds. The predicted molar refractivity (Wildman–Crippen MR) is 46.4 cm³/mol. The Bertz CT molecular complexity index is 148. The number of hydrogen-bond acceptors (Lipinski definition) is 2. The molecule has 0 saturated carbocycles. The molecule has 1 rings (SSSR count). The van der Waals surface area contributed by atoms with Crippen LogP contribution in [0.4, 0.5) is 0 Å². The van der Waals surface area contributed by atoms with Gasteiger partial charge in [-0.1, -0.05) is 19.1 Å². The molecular formula is C9H17NO. The first-order chi connectivity index (χ1) is 5.19. The van der Waals surface area contributed by atoms with E-state index < -0.39 is 0 Å². The molecule has 0 aromatic rings. The first-order valence-corrected chi connectivity index (χ1v) is 4.15. The van der Waals surface area contributed by atoms with Gasteiger partial charge in [-0.25, -0.2) is 0 Å². The van der Waals surface area contributed by atoms with E-state index >= 15 is 0 Å². The van der Waals surface area contributed by atoms with Gasteiger partial charge >= 0.3 is 0 Å². The Balaban J connectivity index is 2.56. The molecule has 1 aliphatic rings. The molecule has 0 aliphatic carbocycles. The maximum absolute atomic E-state index is 5.55. The second kappa shape index (κ2) is 3.37. The third kappa shape index (κ3) is 1.82. The molecule has 1 saturated heterocycles. The SMILES string of the molecule is C=C(CN)C1(C)CCOCC1. The molecule has 1 fully saturated rings. The fourth-order valence-corrected chi connectivity index (χ4v) is 1.42. The van der Waals surface area contributed by atoms with Gasteiger partial charge in [-0.05, 0) is 18.3 Å². The van der Waals surface area contributed by atoms with Gasteiger partial charge in [-0.15, -0.1) is 0 Å². The molecule has 1 heterocycles. The van der Waals surface area contributed by atoms with E-state index in [0.717, 1.165) is 26.1 Å². The van der Waals surface area contributed by atoms with Crippen molar-refractivity contribution in [2.45, 2.75) is 19.8 Å². The van der Waals surface area contributed by atoms with Gasteiger partial charge in [-0.2, -0.15) is 0 Å². The largest absolute Gasteiger partial charge is 0.381 e. The highest BCUT2D eigenvalue weighted by Crippen LogP contribution is 2.35. The van der Waals surface area contributed by atoms with Crippen molar-refractivity contribution in [2.24, 2.45) is 11.1 Å². The summed E-state index contributed by atoms with van der Waals surface area (Å²) in [6.07, 6.45) is 2.14. The van der Waals surface area contributed by atoms with Crippen LogP contribution in [-0.2, 0) is 4.74 Å². The Morgan fingerprint density at radius 1 is 1.55 bits per heavy atom. The summed E-state index contributed by atoms with van der Waals surface area (Å²) >= 11 is 0. The molecule has 0 spiro atoms. The van der Waals surface area contributed by atoms with E-state index in [4.69, 9.17) is 10.5 Å². The molecule has 0 unspecified atom stereocenters. The van der Waals surface area contributed by atoms with Crippen molar-refractivity contribution in [3.63, 3.8) is 0 Å². The molecular weight excluding hydrogens is 138 g/mol. The van der Waals surface area contributed by atoms with Gasteiger partial charge in [0.1, 0.15) is 0 Å². The topological polar surface area (TPSA) is 35.2 Å². The summed E-state index contributed by atoms with van der Waals surface area (Å²) in [5.41, 5.74) is 6.96. The lowest BCUT2D eigenvalue weighted by atomic mass is 9.76. The third-order valence-corrected chi connectivity index (χ3v) is 2.70. The van der Waals surface area contributed by atoms with Crippen LogP contribution in [0.25, 0.3) is 0 Å². The average molecular weight is 155 g/mol. The summed E-state index contributed by atoms with van der Waals surface area (Å²) in [6.45, 7) is 8.54. The van der Waals surface area contributed by atoms with E-state index in [2.05, 4.69) is 13.5 Å². The second-order valence-electron chi connectivity index (χ2n) is 3.48. The molecule has 1 aliphatic heterocycles. The number of ether oxygens (including phenoxy) is 1. The van der Waals surface area contributed by atoms with Crippen LogP contribution in [0.1, 0.15) is 19.8 Å². The number of nitrogens with two attached hydrogens (primary N) is 1. The van der Waals surface area contributed by atoms with Gasteiger partial charge in [0.2, 0.25) is 0 Å². The van der Waals surface area contributed by atoms with E-state index in [1.54, 1.807) is 0 Å². The zero-order chi connectivity index (χ0) is 8.32. The Morgan fingerprint density at radius 3 is 2.55 bits per heavy atom. The Kier molecular flexibility index (Phi) is 2.68. The Hall–Kier alpha value is -0.340. The van der Waals surface area contributed by atoms with Crippen molar-refractivity contribution in [2.75, 3.05) is 19.8 Å². The minimum Gasteiger partial charge on any atom is -0.381 e. The summed E-state index contributed by atoms with van der Waals surface area (Å²) in [5, 5.41) is 0. The van der Waals surface area contributed by atoms with Gasteiger partial charge in [0.25, 0.3) is 0 Å². The van der Waals surface area contributed by atoms with Crippen molar-refractivity contribution in [3.8, 4) is 0 Å². The lowest BCUT2D eigenvalue weighted by Gasteiger charge is -2.35. The summed E-state index contributed by atoms with van der Waals surface area (Å²) in [4.78, 5) is 0. The van der Waals surface area contributed by atoms with Crippen LogP contribution < -0.4 is 5.73 Å². The first kappa shape index (κ1) is 8.75. The maximum atomic E-state index is 5.55. The van der Waals surface area contributed by atoms with E-state index in [1.165, 1.54) is 5.57 Å². The molecule has 0 aromatic carbocycles. The summed E-state index contributed by atoms with van der Waals surface area (Å²) < 4.78 is 5.28. The van der Waals surface area contributed by atoms with Crippen LogP contribution in [0, 0.1) is 5.41 Å². The fraction of sp³-hybridized carbons (Fsp3) is 0.778. The highest BCUT2D eigenvalue weighted by atomic mass is 16.5. The van der Waals surface area contributed by atoms with E-state index in [0.29, 0.717) is 6.54 Å². The fourth-order valence-electron chi connectivity index (χ4n) is 1.42. The van der Waals surface area contributed by atoms with Crippen LogP contribution in [0.5, 0.6) is 0 Å². The normalized spacial score (nSPS) is 23.1. The smallest absolute Gasteiger partial charge is 0.0474 e. The van der Waals surface area contributed by atoms with Crippen LogP contribution >= 0.6 is 0 Å². The minimum absolute atomic E-state index is 0.243. The monoisotopic (exact) mass is 155 g/mol. The maximum Gasteiger partial charge on any atom is 0.0474 e. The number of rotatable bonds is 2. The van der Waals surface area contributed by atoms with E-state index in [9.17, 15) is 0 Å². The lowest BCUT2D eigenvalue weighted by molar-refractivity contribution is 0.0399. The predicted octanol–water partition coefficient (Wildman–Crippen LogP) is 1.32. The van der Waals surface area contributed by atoms with E-state index in [1.807, 2.05) is 0 Å². The van der Waals surface area contributed by atoms with Crippen molar-refractivity contribution in [1.82, 2.24) is 0 Å². The molecule has 2 heteroatoms. The highest BCUT2D eigenvalue weighted by Gasteiger charge is 2.29. The summed E-state index contributed by atoms with van der Waals surface area (Å²) in [5.74, 6) is 0. The van der Waals surface area contributed by atoms with Crippen molar-refractivity contribution in [1.29, 1.82) is 0 Å². The molecule has 0 bridgehead atoms. The van der Waals surface area contributed by atoms with Gasteiger partial charge < -0.3 is 10.5 Å². The van der Waals surface area contributed by atoms with Gasteiger partial charge in [0, 0.05) is 19.8 Å². The molecule has 0 aromatic heterocycles. The number of hydrogen-bond donors (Lipinski definition) is 1. The van der Waals surface area contributed by atoms with Crippen LogP contribution in [-0.4, -0.2) is 19.8 Å². The van der Waals surface area contributed by atoms with Crippen LogP contribution in [0.15, 0.2) is 12.2 Å².